The van der Waals surface area contributed by atoms with Crippen LogP contribution < -0.4 is 15.2 Å². The van der Waals surface area contributed by atoms with E-state index in [0.29, 0.717) is 0 Å². The first-order valence-corrected chi connectivity index (χ1v) is 8.17. The lowest BCUT2D eigenvalue weighted by Crippen LogP contribution is -3.14. The van der Waals surface area contributed by atoms with E-state index in [0.717, 1.165) is 47.5 Å². The molecule has 0 bridgehead atoms. The number of aryl methyl sites for hydroxylation is 1. The Morgan fingerprint density at radius 2 is 2.05 bits per heavy atom. The molecule has 20 heavy (non-hydrogen) atoms. The third kappa shape index (κ3) is 2.45. The first kappa shape index (κ1) is 13.6. The van der Waals surface area contributed by atoms with Gasteiger partial charge < -0.3 is 9.80 Å². The summed E-state index contributed by atoms with van der Waals surface area (Å²) in [6, 6.07) is 6.15. The zero-order chi connectivity index (χ0) is 14.1. The molecule has 1 aromatic carbocycles. The van der Waals surface area contributed by atoms with Crippen LogP contribution in [-0.2, 0) is 0 Å². The number of anilines is 1. The molecule has 2 heterocycles. The van der Waals surface area contributed by atoms with Crippen molar-refractivity contribution in [3.63, 3.8) is 0 Å². The summed E-state index contributed by atoms with van der Waals surface area (Å²) in [7, 11) is 0. The van der Waals surface area contributed by atoms with Gasteiger partial charge in [0.2, 0.25) is 5.43 Å². The Balaban J connectivity index is 1.96. The number of benzene rings is 1. The van der Waals surface area contributed by atoms with Gasteiger partial charge in [0, 0.05) is 15.5 Å². The van der Waals surface area contributed by atoms with E-state index in [1.807, 2.05) is 18.4 Å². The van der Waals surface area contributed by atoms with Crippen LogP contribution in [0.4, 0.5) is 5.69 Å². The molecule has 1 aliphatic rings. The Labute approximate surface area is 123 Å². The van der Waals surface area contributed by atoms with Gasteiger partial charge in [0.25, 0.3) is 0 Å². The molecular formula is C16H21N2OS+. The highest BCUT2D eigenvalue weighted by Crippen LogP contribution is 2.22. The smallest absolute Gasteiger partial charge is 0.211 e. The minimum Gasteiger partial charge on any atom is -0.356 e. The van der Waals surface area contributed by atoms with Crippen molar-refractivity contribution in [3.8, 4) is 0 Å². The number of hydrogen-bond donors (Lipinski definition) is 1. The SMILES string of the molecule is CC[NH+]1CCN(c2csc3ccc(C)cc3c2=O)CC1. The van der Waals surface area contributed by atoms with E-state index < -0.39 is 0 Å². The summed E-state index contributed by atoms with van der Waals surface area (Å²) >= 11 is 1.68. The second-order valence-corrected chi connectivity index (χ2v) is 6.45. The molecule has 0 spiro atoms. The van der Waals surface area contributed by atoms with Gasteiger partial charge in [-0.2, -0.15) is 0 Å². The molecule has 1 fully saturated rings. The number of piperazine rings is 1. The van der Waals surface area contributed by atoms with Gasteiger partial charge in [-0.25, -0.2) is 0 Å². The van der Waals surface area contributed by atoms with Crippen molar-refractivity contribution in [2.45, 2.75) is 13.8 Å². The van der Waals surface area contributed by atoms with Crippen molar-refractivity contribution in [1.29, 1.82) is 0 Å². The molecule has 3 nitrogen and oxygen atoms in total. The molecule has 3 rings (SSSR count). The second-order valence-electron chi connectivity index (χ2n) is 5.54. The molecule has 1 saturated heterocycles. The minimum absolute atomic E-state index is 0.197. The Hall–Kier alpha value is -1.39. The number of quaternary nitrogens is 1. The van der Waals surface area contributed by atoms with Gasteiger partial charge in [-0.15, -0.1) is 11.3 Å². The van der Waals surface area contributed by atoms with Crippen LogP contribution in [0.25, 0.3) is 10.1 Å². The fourth-order valence-electron chi connectivity index (χ4n) is 2.87. The molecule has 4 heteroatoms. The van der Waals surface area contributed by atoms with Gasteiger partial charge in [-0.3, -0.25) is 4.79 Å². The van der Waals surface area contributed by atoms with Crippen LogP contribution in [-0.4, -0.2) is 32.7 Å². The minimum atomic E-state index is 0.197. The molecule has 2 aromatic rings. The van der Waals surface area contributed by atoms with Crippen LogP contribution in [0.15, 0.2) is 28.4 Å². The van der Waals surface area contributed by atoms with Crippen LogP contribution in [0.1, 0.15) is 12.5 Å². The Bertz CT molecular complexity index is 672. The predicted molar refractivity (Wildman–Crippen MR) is 86.3 cm³/mol. The summed E-state index contributed by atoms with van der Waals surface area (Å²) in [5, 5.41) is 2.91. The molecule has 0 saturated carbocycles. The summed E-state index contributed by atoms with van der Waals surface area (Å²) in [5.74, 6) is 0. The van der Waals surface area contributed by atoms with Gasteiger partial charge in [0.05, 0.1) is 38.4 Å². The van der Waals surface area contributed by atoms with E-state index in [1.165, 1.54) is 6.54 Å². The molecule has 0 aliphatic carbocycles. The Morgan fingerprint density at radius 3 is 2.75 bits per heavy atom. The maximum Gasteiger partial charge on any atom is 0.211 e. The van der Waals surface area contributed by atoms with Crippen molar-refractivity contribution in [3.05, 3.63) is 39.4 Å². The molecule has 1 aliphatic heterocycles. The van der Waals surface area contributed by atoms with Gasteiger partial charge in [0.15, 0.2) is 0 Å². The van der Waals surface area contributed by atoms with Crippen LogP contribution in [0.5, 0.6) is 0 Å². The fraction of sp³-hybridized carbons (Fsp3) is 0.438. The van der Waals surface area contributed by atoms with Crippen molar-refractivity contribution < 1.29 is 4.90 Å². The van der Waals surface area contributed by atoms with E-state index in [-0.39, 0.29) is 5.43 Å². The van der Waals surface area contributed by atoms with E-state index in [9.17, 15) is 4.79 Å². The first-order chi connectivity index (χ1) is 9.69. The maximum atomic E-state index is 12.7. The Kier molecular flexibility index (Phi) is 3.76. The first-order valence-electron chi connectivity index (χ1n) is 7.29. The third-order valence-electron chi connectivity index (χ3n) is 4.22. The average molecular weight is 289 g/mol. The zero-order valence-electron chi connectivity index (χ0n) is 12.1. The average Bonchev–Trinajstić information content (AvgIpc) is 2.48. The van der Waals surface area contributed by atoms with Crippen LogP contribution in [0.3, 0.4) is 0 Å². The van der Waals surface area contributed by atoms with E-state index in [1.54, 1.807) is 16.2 Å². The van der Waals surface area contributed by atoms with Crippen LogP contribution in [0.2, 0.25) is 0 Å². The molecule has 106 valence electrons. The highest BCUT2D eigenvalue weighted by molar-refractivity contribution is 7.16. The monoisotopic (exact) mass is 289 g/mol. The van der Waals surface area contributed by atoms with E-state index in [2.05, 4.69) is 24.0 Å². The normalized spacial score (nSPS) is 16.8. The van der Waals surface area contributed by atoms with Crippen molar-refractivity contribution in [2.75, 3.05) is 37.6 Å². The van der Waals surface area contributed by atoms with Crippen molar-refractivity contribution in [1.82, 2.24) is 0 Å². The van der Waals surface area contributed by atoms with Gasteiger partial charge in [-0.1, -0.05) is 11.6 Å². The number of nitrogens with one attached hydrogen (secondary N) is 1. The number of hydrogen-bond acceptors (Lipinski definition) is 3. The molecule has 1 N–H and O–H groups in total. The lowest BCUT2D eigenvalue weighted by molar-refractivity contribution is -0.898. The van der Waals surface area contributed by atoms with Crippen LogP contribution >= 0.6 is 11.3 Å². The molecule has 1 aromatic heterocycles. The summed E-state index contributed by atoms with van der Waals surface area (Å²) in [5.41, 5.74) is 2.24. The highest BCUT2D eigenvalue weighted by atomic mass is 32.1. The molecule has 0 radical (unpaired) electrons. The fourth-order valence-corrected chi connectivity index (χ4v) is 3.79. The number of rotatable bonds is 2. The lowest BCUT2D eigenvalue weighted by atomic mass is 10.1. The predicted octanol–water partition coefficient (Wildman–Crippen LogP) is 1.29. The second kappa shape index (κ2) is 5.54. The van der Waals surface area contributed by atoms with Crippen LogP contribution in [0, 0.1) is 6.92 Å². The topological polar surface area (TPSA) is 24.8 Å². The third-order valence-corrected chi connectivity index (χ3v) is 5.17. The van der Waals surface area contributed by atoms with Gasteiger partial charge >= 0.3 is 0 Å². The number of likely N-dealkylation sites (N-methyl/N-ethyl adjacent to an activating group) is 1. The number of fused-ring (bicyclic) bond motifs is 1. The van der Waals surface area contributed by atoms with Crippen molar-refractivity contribution in [2.24, 2.45) is 0 Å². The highest BCUT2D eigenvalue weighted by Gasteiger charge is 2.21. The largest absolute Gasteiger partial charge is 0.356 e. The summed E-state index contributed by atoms with van der Waals surface area (Å²) in [6.45, 7) is 9.69. The molecule has 0 unspecified atom stereocenters. The van der Waals surface area contributed by atoms with E-state index >= 15 is 0 Å². The van der Waals surface area contributed by atoms with Gasteiger partial charge in [-0.05, 0) is 26.0 Å². The molecule has 0 atom stereocenters. The van der Waals surface area contributed by atoms with Gasteiger partial charge in [0.1, 0.15) is 0 Å². The lowest BCUT2D eigenvalue weighted by Gasteiger charge is -2.32. The zero-order valence-corrected chi connectivity index (χ0v) is 12.9. The van der Waals surface area contributed by atoms with Crippen molar-refractivity contribution >= 4 is 27.1 Å². The summed E-state index contributed by atoms with van der Waals surface area (Å²) in [4.78, 5) is 16.6. The Morgan fingerprint density at radius 1 is 1.30 bits per heavy atom. The standard InChI is InChI=1S/C16H20N2OS/c1-3-17-6-8-18(9-7-17)14-11-20-15-5-4-12(2)10-13(15)16(14)19/h4-5,10-11H,3,6-9H2,1-2H3/p+1. The maximum absolute atomic E-state index is 12.7. The molecular weight excluding hydrogens is 268 g/mol. The summed E-state index contributed by atoms with van der Waals surface area (Å²) in [6.07, 6.45) is 0. The molecule has 0 amide bonds. The summed E-state index contributed by atoms with van der Waals surface area (Å²) < 4.78 is 1.09. The van der Waals surface area contributed by atoms with E-state index in [4.69, 9.17) is 0 Å². The quantitative estimate of drug-likeness (QED) is 0.901. The number of nitrogens with zero attached hydrogens (tertiary/aromatic N) is 1.